The van der Waals surface area contributed by atoms with Crippen molar-refractivity contribution in [3.8, 4) is 0 Å². The number of carbonyl (C=O) groups excluding carboxylic acids is 2. The summed E-state index contributed by atoms with van der Waals surface area (Å²) in [6.45, 7) is 3.87. The lowest BCUT2D eigenvalue weighted by Crippen LogP contribution is -2.37. The molecular formula is C24H26F2N4O2. The van der Waals surface area contributed by atoms with Gasteiger partial charge in [-0.15, -0.1) is 0 Å². The second kappa shape index (κ2) is 9.06. The average molecular weight is 440 g/mol. The number of benzene rings is 2. The largest absolute Gasteiger partial charge is 0.354 e. The number of rotatable bonds is 5. The third-order valence-corrected chi connectivity index (χ3v) is 5.85. The highest BCUT2D eigenvalue weighted by Gasteiger charge is 2.30. The predicted octanol–water partition coefficient (Wildman–Crippen LogP) is 4.82. The van der Waals surface area contributed by atoms with Gasteiger partial charge in [-0.05, 0) is 82.0 Å². The quantitative estimate of drug-likeness (QED) is 0.597. The van der Waals surface area contributed by atoms with E-state index in [4.69, 9.17) is 0 Å². The molecule has 8 heteroatoms. The molecule has 0 atom stereocenters. The number of hydrogen-bond acceptors (Lipinski definition) is 3. The fourth-order valence-corrected chi connectivity index (χ4v) is 4.30. The smallest absolute Gasteiger partial charge is 0.257 e. The second-order valence-electron chi connectivity index (χ2n) is 8.57. The fraction of sp³-hybridized carbons (Fsp3) is 0.375. The minimum absolute atomic E-state index is 0.0339. The SMILES string of the molecule is CC(C)NC(=O)C1CCC(n2c(NC(=O)c3ccc(F)cc3)nc3ccc(F)cc32)CC1. The molecule has 2 amide bonds. The van der Waals surface area contributed by atoms with Gasteiger partial charge in [-0.3, -0.25) is 14.9 Å². The second-order valence-corrected chi connectivity index (χ2v) is 8.57. The number of hydrogen-bond donors (Lipinski definition) is 2. The highest BCUT2D eigenvalue weighted by Crippen LogP contribution is 2.37. The summed E-state index contributed by atoms with van der Waals surface area (Å²) in [4.78, 5) is 29.6. The van der Waals surface area contributed by atoms with E-state index in [0.29, 0.717) is 48.2 Å². The van der Waals surface area contributed by atoms with Gasteiger partial charge in [-0.25, -0.2) is 13.8 Å². The molecule has 0 saturated heterocycles. The summed E-state index contributed by atoms with van der Waals surface area (Å²) in [7, 11) is 0. The molecule has 168 valence electrons. The van der Waals surface area contributed by atoms with Gasteiger partial charge in [0.15, 0.2) is 0 Å². The standard InChI is InChI=1S/C24H26F2N4O2/c1-14(2)27-22(31)16-5-10-19(11-6-16)30-21-13-18(26)9-12-20(21)28-24(30)29-23(32)15-3-7-17(25)8-4-15/h3-4,7-9,12-14,16,19H,5-6,10-11H2,1-2H3,(H,27,31)(H,28,29,32). The number of amides is 2. The molecule has 1 aliphatic rings. The van der Waals surface area contributed by atoms with Crippen molar-refractivity contribution in [1.29, 1.82) is 0 Å². The number of nitrogens with one attached hydrogen (secondary N) is 2. The van der Waals surface area contributed by atoms with Gasteiger partial charge in [0.2, 0.25) is 11.9 Å². The van der Waals surface area contributed by atoms with E-state index in [2.05, 4.69) is 15.6 Å². The fourth-order valence-electron chi connectivity index (χ4n) is 4.30. The highest BCUT2D eigenvalue weighted by molar-refractivity contribution is 6.04. The Labute approximate surface area is 185 Å². The van der Waals surface area contributed by atoms with Gasteiger partial charge in [-0.1, -0.05) is 0 Å². The zero-order valence-corrected chi connectivity index (χ0v) is 18.1. The molecule has 1 aromatic heterocycles. The molecule has 0 aliphatic heterocycles. The molecule has 0 bridgehead atoms. The Hall–Kier alpha value is -3.29. The van der Waals surface area contributed by atoms with Crippen molar-refractivity contribution in [3.63, 3.8) is 0 Å². The molecule has 6 nitrogen and oxygen atoms in total. The summed E-state index contributed by atoms with van der Waals surface area (Å²) in [5.41, 5.74) is 1.46. The number of nitrogens with zero attached hydrogens (tertiary/aromatic N) is 2. The van der Waals surface area contributed by atoms with Crippen LogP contribution < -0.4 is 10.6 Å². The van der Waals surface area contributed by atoms with E-state index in [0.717, 1.165) is 0 Å². The minimum Gasteiger partial charge on any atom is -0.354 e. The predicted molar refractivity (Wildman–Crippen MR) is 118 cm³/mol. The lowest BCUT2D eigenvalue weighted by atomic mass is 9.85. The number of aromatic nitrogens is 2. The Morgan fingerprint density at radius 2 is 1.66 bits per heavy atom. The summed E-state index contributed by atoms with van der Waals surface area (Å²) in [5, 5.41) is 5.77. The molecule has 3 aromatic rings. The van der Waals surface area contributed by atoms with Crippen LogP contribution in [0.3, 0.4) is 0 Å². The maximum absolute atomic E-state index is 14.0. The van der Waals surface area contributed by atoms with Gasteiger partial charge in [-0.2, -0.15) is 0 Å². The van der Waals surface area contributed by atoms with E-state index in [1.165, 1.54) is 36.4 Å². The number of anilines is 1. The van der Waals surface area contributed by atoms with E-state index in [9.17, 15) is 18.4 Å². The van der Waals surface area contributed by atoms with Crippen LogP contribution in [-0.2, 0) is 4.79 Å². The van der Waals surface area contributed by atoms with Crippen molar-refractivity contribution >= 4 is 28.8 Å². The third-order valence-electron chi connectivity index (χ3n) is 5.85. The van der Waals surface area contributed by atoms with Crippen molar-refractivity contribution in [1.82, 2.24) is 14.9 Å². The Balaban J connectivity index is 1.60. The zero-order chi connectivity index (χ0) is 22.8. The van der Waals surface area contributed by atoms with Gasteiger partial charge < -0.3 is 9.88 Å². The van der Waals surface area contributed by atoms with Crippen LogP contribution in [0.2, 0.25) is 0 Å². The maximum Gasteiger partial charge on any atom is 0.257 e. The lowest BCUT2D eigenvalue weighted by Gasteiger charge is -2.30. The molecule has 1 aliphatic carbocycles. The molecule has 0 unspecified atom stereocenters. The van der Waals surface area contributed by atoms with Crippen LogP contribution in [0.1, 0.15) is 55.9 Å². The van der Waals surface area contributed by atoms with Crippen molar-refractivity contribution in [2.75, 3.05) is 5.32 Å². The van der Waals surface area contributed by atoms with Gasteiger partial charge in [0.05, 0.1) is 11.0 Å². The Kier molecular flexibility index (Phi) is 6.21. The minimum atomic E-state index is -0.428. The van der Waals surface area contributed by atoms with E-state index in [-0.39, 0.29) is 29.7 Å². The third kappa shape index (κ3) is 4.64. The lowest BCUT2D eigenvalue weighted by molar-refractivity contribution is -0.126. The molecule has 1 saturated carbocycles. The van der Waals surface area contributed by atoms with Crippen molar-refractivity contribution in [3.05, 3.63) is 59.7 Å². The van der Waals surface area contributed by atoms with Gasteiger partial charge >= 0.3 is 0 Å². The van der Waals surface area contributed by atoms with Crippen LogP contribution >= 0.6 is 0 Å². The van der Waals surface area contributed by atoms with Crippen molar-refractivity contribution in [2.45, 2.75) is 51.6 Å². The summed E-state index contributed by atoms with van der Waals surface area (Å²) in [6.07, 6.45) is 2.81. The number of carbonyl (C=O) groups is 2. The molecule has 2 N–H and O–H groups in total. The topological polar surface area (TPSA) is 76.0 Å². The van der Waals surface area contributed by atoms with Crippen LogP contribution in [-0.4, -0.2) is 27.4 Å². The molecule has 32 heavy (non-hydrogen) atoms. The highest BCUT2D eigenvalue weighted by atomic mass is 19.1. The number of imidazole rings is 1. The molecular weight excluding hydrogens is 414 g/mol. The Morgan fingerprint density at radius 1 is 1.00 bits per heavy atom. The van der Waals surface area contributed by atoms with Crippen LogP contribution in [0, 0.1) is 17.6 Å². The average Bonchev–Trinajstić information content (AvgIpc) is 3.10. The van der Waals surface area contributed by atoms with E-state index < -0.39 is 11.7 Å². The molecule has 0 spiro atoms. The van der Waals surface area contributed by atoms with E-state index in [1.54, 1.807) is 6.07 Å². The van der Waals surface area contributed by atoms with Crippen LogP contribution in [0.5, 0.6) is 0 Å². The summed E-state index contributed by atoms with van der Waals surface area (Å²) in [5.74, 6) is -0.924. The van der Waals surface area contributed by atoms with Crippen molar-refractivity contribution < 1.29 is 18.4 Å². The monoisotopic (exact) mass is 440 g/mol. The number of halogens is 2. The van der Waals surface area contributed by atoms with E-state index in [1.807, 2.05) is 18.4 Å². The summed E-state index contributed by atoms with van der Waals surface area (Å²) in [6, 6.07) is 9.61. The molecule has 1 fully saturated rings. The Morgan fingerprint density at radius 3 is 2.31 bits per heavy atom. The van der Waals surface area contributed by atoms with Gasteiger partial charge in [0, 0.05) is 23.6 Å². The molecule has 4 rings (SSSR count). The zero-order valence-electron chi connectivity index (χ0n) is 18.1. The number of fused-ring (bicyclic) bond motifs is 1. The normalized spacial score (nSPS) is 18.7. The molecule has 1 heterocycles. The first-order chi connectivity index (χ1) is 15.3. The summed E-state index contributed by atoms with van der Waals surface area (Å²) < 4.78 is 29.1. The van der Waals surface area contributed by atoms with Crippen LogP contribution in [0.15, 0.2) is 42.5 Å². The first kappa shape index (κ1) is 21.9. The first-order valence-electron chi connectivity index (χ1n) is 10.9. The van der Waals surface area contributed by atoms with Crippen molar-refractivity contribution in [2.24, 2.45) is 5.92 Å². The Bertz CT molecular complexity index is 1130. The molecule has 2 aromatic carbocycles. The van der Waals surface area contributed by atoms with E-state index >= 15 is 0 Å². The van der Waals surface area contributed by atoms with Crippen LogP contribution in [0.4, 0.5) is 14.7 Å². The first-order valence-corrected chi connectivity index (χ1v) is 10.9. The van der Waals surface area contributed by atoms with Gasteiger partial charge in [0.1, 0.15) is 11.6 Å². The molecule has 0 radical (unpaired) electrons. The summed E-state index contributed by atoms with van der Waals surface area (Å²) >= 11 is 0. The maximum atomic E-state index is 14.0. The van der Waals surface area contributed by atoms with Gasteiger partial charge in [0.25, 0.3) is 5.91 Å². The van der Waals surface area contributed by atoms with Crippen LogP contribution in [0.25, 0.3) is 11.0 Å².